The molecule has 0 aromatic carbocycles. The molecule has 8 heteroatoms. The van der Waals surface area contributed by atoms with Crippen LogP contribution in [-0.4, -0.2) is 33.4 Å². The molecule has 7 nitrogen and oxygen atoms in total. The summed E-state index contributed by atoms with van der Waals surface area (Å²) in [4.78, 5) is 37.2. The normalized spacial score (nSPS) is 16.5. The van der Waals surface area contributed by atoms with Gasteiger partial charge in [0.25, 0.3) is 5.91 Å². The average molecular weight is 332 g/mol. The van der Waals surface area contributed by atoms with Crippen LogP contribution in [0.4, 0.5) is 5.13 Å². The van der Waals surface area contributed by atoms with E-state index in [0.29, 0.717) is 18.2 Å². The molecule has 0 radical (unpaired) electrons. The number of amides is 1. The van der Waals surface area contributed by atoms with Gasteiger partial charge in [-0.05, 0) is 26.2 Å². The van der Waals surface area contributed by atoms with Crippen molar-refractivity contribution < 1.29 is 14.3 Å². The summed E-state index contributed by atoms with van der Waals surface area (Å²) in [6, 6.07) is 0. The van der Waals surface area contributed by atoms with Gasteiger partial charge in [-0.25, -0.2) is 9.97 Å². The monoisotopic (exact) mass is 332 g/mol. The highest BCUT2D eigenvalue weighted by Gasteiger charge is 2.28. The van der Waals surface area contributed by atoms with Gasteiger partial charge in [0.15, 0.2) is 5.13 Å². The minimum Gasteiger partial charge on any atom is -0.466 e. The van der Waals surface area contributed by atoms with E-state index in [1.165, 1.54) is 29.9 Å². The van der Waals surface area contributed by atoms with Gasteiger partial charge in [0.1, 0.15) is 5.69 Å². The Bertz CT molecular complexity index is 717. The highest BCUT2D eigenvalue weighted by molar-refractivity contribution is 7.15. The number of hydrogen-bond donors (Lipinski definition) is 1. The maximum absolute atomic E-state index is 12.1. The Morgan fingerprint density at radius 3 is 3.04 bits per heavy atom. The third-order valence-corrected chi connectivity index (χ3v) is 4.61. The van der Waals surface area contributed by atoms with E-state index in [4.69, 9.17) is 4.74 Å². The van der Waals surface area contributed by atoms with Crippen molar-refractivity contribution in [1.82, 2.24) is 15.0 Å². The van der Waals surface area contributed by atoms with E-state index < -0.39 is 0 Å². The number of esters is 1. The largest absolute Gasteiger partial charge is 0.466 e. The quantitative estimate of drug-likeness (QED) is 0.859. The van der Waals surface area contributed by atoms with Crippen molar-refractivity contribution in [2.45, 2.75) is 26.2 Å². The minimum absolute atomic E-state index is 0.119. The standard InChI is InChI=1S/C15H16N4O3S/c1-2-22-14(21)9-3-4-10-12(7-9)23-15(18-10)19-13(20)11-8-16-5-6-17-11/h5-6,8-9H,2-4,7H2,1H3,(H,18,19,20). The molecule has 2 heterocycles. The number of carbonyl (C=O) groups excluding carboxylic acids is 2. The van der Waals surface area contributed by atoms with Gasteiger partial charge in [0, 0.05) is 17.3 Å². The molecule has 1 N–H and O–H groups in total. The molecule has 0 spiro atoms. The van der Waals surface area contributed by atoms with Crippen molar-refractivity contribution in [2.24, 2.45) is 5.92 Å². The Morgan fingerprint density at radius 2 is 2.30 bits per heavy atom. The number of hydrogen-bond acceptors (Lipinski definition) is 7. The molecule has 1 aliphatic carbocycles. The SMILES string of the molecule is CCOC(=O)C1CCc2nc(NC(=O)c3cnccn3)sc2C1. The fourth-order valence-corrected chi connectivity index (χ4v) is 3.55. The predicted octanol–water partition coefficient (Wildman–Crippen LogP) is 1.85. The molecule has 0 aliphatic heterocycles. The van der Waals surface area contributed by atoms with Crippen molar-refractivity contribution >= 4 is 28.3 Å². The van der Waals surface area contributed by atoms with Crippen LogP contribution in [0.15, 0.2) is 18.6 Å². The van der Waals surface area contributed by atoms with Gasteiger partial charge < -0.3 is 4.74 Å². The molecule has 3 rings (SSSR count). The van der Waals surface area contributed by atoms with Crippen LogP contribution in [-0.2, 0) is 22.4 Å². The topological polar surface area (TPSA) is 94.1 Å². The van der Waals surface area contributed by atoms with Crippen LogP contribution in [0.2, 0.25) is 0 Å². The van der Waals surface area contributed by atoms with Crippen molar-refractivity contribution in [1.29, 1.82) is 0 Å². The number of aromatic nitrogens is 3. The second-order valence-corrected chi connectivity index (χ2v) is 6.21. The first kappa shape index (κ1) is 15.5. The third kappa shape index (κ3) is 3.53. The molecule has 1 aliphatic rings. The van der Waals surface area contributed by atoms with Crippen LogP contribution in [0.1, 0.15) is 34.4 Å². The molecule has 1 amide bonds. The first-order chi connectivity index (χ1) is 11.2. The molecule has 120 valence electrons. The van der Waals surface area contributed by atoms with Crippen molar-refractivity contribution in [3.8, 4) is 0 Å². The molecule has 1 atom stereocenters. The van der Waals surface area contributed by atoms with E-state index in [-0.39, 0.29) is 23.5 Å². The number of rotatable bonds is 4. The first-order valence-electron chi connectivity index (χ1n) is 7.40. The lowest BCUT2D eigenvalue weighted by molar-refractivity contribution is -0.148. The Morgan fingerprint density at radius 1 is 1.43 bits per heavy atom. The third-order valence-electron chi connectivity index (χ3n) is 3.58. The summed E-state index contributed by atoms with van der Waals surface area (Å²) in [6.07, 6.45) is 6.44. The molecule has 2 aromatic heterocycles. The number of anilines is 1. The fourth-order valence-electron chi connectivity index (χ4n) is 2.47. The van der Waals surface area contributed by atoms with Gasteiger partial charge in [-0.1, -0.05) is 0 Å². The molecule has 0 bridgehead atoms. The van der Waals surface area contributed by atoms with Crippen molar-refractivity contribution in [3.05, 3.63) is 34.9 Å². The highest BCUT2D eigenvalue weighted by Crippen LogP contribution is 2.33. The second-order valence-electron chi connectivity index (χ2n) is 5.13. The second kappa shape index (κ2) is 6.82. The molecule has 2 aromatic rings. The van der Waals surface area contributed by atoms with Crippen LogP contribution < -0.4 is 5.32 Å². The van der Waals surface area contributed by atoms with E-state index in [2.05, 4.69) is 20.3 Å². The summed E-state index contributed by atoms with van der Waals surface area (Å²) in [6.45, 7) is 2.20. The lowest BCUT2D eigenvalue weighted by Gasteiger charge is -2.18. The van der Waals surface area contributed by atoms with E-state index in [1.54, 1.807) is 6.92 Å². The van der Waals surface area contributed by atoms with Gasteiger partial charge in [0.2, 0.25) is 0 Å². The Kier molecular flexibility index (Phi) is 4.61. The Hall–Kier alpha value is -2.35. The van der Waals surface area contributed by atoms with Crippen LogP contribution >= 0.6 is 11.3 Å². The molecular weight excluding hydrogens is 316 g/mol. The Labute approximate surface area is 137 Å². The summed E-state index contributed by atoms with van der Waals surface area (Å²) in [5, 5.41) is 3.26. The zero-order chi connectivity index (χ0) is 16.2. The van der Waals surface area contributed by atoms with E-state index in [1.807, 2.05) is 0 Å². The zero-order valence-corrected chi connectivity index (χ0v) is 13.4. The summed E-state index contributed by atoms with van der Waals surface area (Å²) in [5.41, 5.74) is 1.19. The zero-order valence-electron chi connectivity index (χ0n) is 12.6. The number of thiazole rings is 1. The number of nitrogens with zero attached hydrogens (tertiary/aromatic N) is 3. The van der Waals surface area contributed by atoms with E-state index >= 15 is 0 Å². The number of carbonyl (C=O) groups is 2. The summed E-state index contributed by atoms with van der Waals surface area (Å²) < 4.78 is 5.09. The van der Waals surface area contributed by atoms with Crippen LogP contribution in [0.3, 0.4) is 0 Å². The average Bonchev–Trinajstić information content (AvgIpc) is 2.97. The number of fused-ring (bicyclic) bond motifs is 1. The maximum Gasteiger partial charge on any atom is 0.309 e. The van der Waals surface area contributed by atoms with Crippen LogP contribution in [0.25, 0.3) is 0 Å². The minimum atomic E-state index is -0.342. The number of nitrogens with one attached hydrogen (secondary N) is 1. The molecule has 0 saturated heterocycles. The van der Waals surface area contributed by atoms with Crippen molar-refractivity contribution in [3.63, 3.8) is 0 Å². The van der Waals surface area contributed by atoms with Gasteiger partial charge in [0.05, 0.1) is 24.4 Å². The summed E-state index contributed by atoms with van der Waals surface area (Å²) >= 11 is 1.40. The molecular formula is C15H16N4O3S. The molecule has 0 saturated carbocycles. The van der Waals surface area contributed by atoms with Crippen LogP contribution in [0, 0.1) is 5.92 Å². The maximum atomic E-state index is 12.1. The molecule has 23 heavy (non-hydrogen) atoms. The lowest BCUT2D eigenvalue weighted by Crippen LogP contribution is -2.24. The highest BCUT2D eigenvalue weighted by atomic mass is 32.1. The van der Waals surface area contributed by atoms with Crippen molar-refractivity contribution in [2.75, 3.05) is 11.9 Å². The van der Waals surface area contributed by atoms with E-state index in [9.17, 15) is 9.59 Å². The molecule has 0 fully saturated rings. The number of ether oxygens (including phenoxy) is 1. The predicted molar refractivity (Wildman–Crippen MR) is 84.2 cm³/mol. The van der Waals surface area contributed by atoms with Gasteiger partial charge >= 0.3 is 5.97 Å². The smallest absolute Gasteiger partial charge is 0.309 e. The lowest BCUT2D eigenvalue weighted by atomic mass is 9.91. The first-order valence-corrected chi connectivity index (χ1v) is 8.21. The van der Waals surface area contributed by atoms with E-state index in [0.717, 1.165) is 23.4 Å². The fraction of sp³-hybridized carbons (Fsp3) is 0.400. The van der Waals surface area contributed by atoms with Gasteiger partial charge in [-0.15, -0.1) is 11.3 Å². The Balaban J connectivity index is 1.69. The molecule has 1 unspecified atom stereocenters. The van der Waals surface area contributed by atoms with Crippen LogP contribution in [0.5, 0.6) is 0 Å². The van der Waals surface area contributed by atoms with Gasteiger partial charge in [-0.3, -0.25) is 19.9 Å². The summed E-state index contributed by atoms with van der Waals surface area (Å²) in [5.74, 6) is -0.616. The number of aryl methyl sites for hydroxylation is 1. The summed E-state index contributed by atoms with van der Waals surface area (Å²) in [7, 11) is 0. The van der Waals surface area contributed by atoms with Gasteiger partial charge in [-0.2, -0.15) is 0 Å².